The van der Waals surface area contributed by atoms with E-state index in [-0.39, 0.29) is 30.2 Å². The Labute approximate surface area is 180 Å². The van der Waals surface area contributed by atoms with Crippen LogP contribution in [0.2, 0.25) is 0 Å². The maximum absolute atomic E-state index is 13.2. The number of hydrogen-bond donors (Lipinski definition) is 2. The number of thioether (sulfide) groups is 1. The molecule has 5 aliphatic rings. The molecule has 5 aliphatic carbocycles. The summed E-state index contributed by atoms with van der Waals surface area (Å²) in [6.07, 6.45) is 8.08. The molecule has 1 aromatic heterocycles. The minimum Gasteiger partial charge on any atom is -0.473 e. The molecule has 1 aromatic rings. The molecule has 8 heteroatoms. The molecule has 2 N–H and O–H groups in total. The molecule has 5 fully saturated rings. The van der Waals surface area contributed by atoms with Gasteiger partial charge in [-0.05, 0) is 74.8 Å². The predicted octanol–water partition coefficient (Wildman–Crippen LogP) is 3.53. The largest absolute Gasteiger partial charge is 0.473 e. The lowest BCUT2D eigenvalue weighted by Gasteiger charge is -2.58. The van der Waals surface area contributed by atoms with Gasteiger partial charge in [0.1, 0.15) is 11.5 Å². The van der Waals surface area contributed by atoms with Crippen LogP contribution in [0.25, 0.3) is 0 Å². The van der Waals surface area contributed by atoms with Gasteiger partial charge in [0.2, 0.25) is 5.76 Å². The van der Waals surface area contributed by atoms with Crippen LogP contribution in [0, 0.1) is 35.0 Å². The first-order chi connectivity index (χ1) is 14.4. The van der Waals surface area contributed by atoms with E-state index in [1.807, 2.05) is 0 Å². The van der Waals surface area contributed by atoms with E-state index < -0.39 is 5.60 Å². The summed E-state index contributed by atoms with van der Waals surface area (Å²) in [7, 11) is 0. The van der Waals surface area contributed by atoms with Crippen LogP contribution in [0.3, 0.4) is 0 Å². The molecule has 0 saturated heterocycles. The molecule has 0 aliphatic heterocycles. The molecule has 6 rings (SSSR count). The molecule has 1 amide bonds. The van der Waals surface area contributed by atoms with Crippen LogP contribution in [0.4, 0.5) is 0 Å². The second-order valence-corrected chi connectivity index (χ2v) is 11.2. The molecule has 0 radical (unpaired) electrons. The first kappa shape index (κ1) is 20.2. The molecule has 7 nitrogen and oxygen atoms in total. The number of nitrogens with zero attached hydrogens (tertiary/aromatic N) is 2. The molecular weight excluding hydrogens is 402 g/mol. The number of aromatic nitrogens is 1. The van der Waals surface area contributed by atoms with Crippen molar-refractivity contribution in [1.29, 1.82) is 5.26 Å². The fourth-order valence-corrected chi connectivity index (χ4v) is 7.27. The zero-order chi connectivity index (χ0) is 20.9. The van der Waals surface area contributed by atoms with Crippen LogP contribution in [-0.2, 0) is 0 Å². The van der Waals surface area contributed by atoms with Crippen LogP contribution < -0.4 is 10.1 Å². The van der Waals surface area contributed by atoms with E-state index in [1.54, 1.807) is 18.7 Å². The summed E-state index contributed by atoms with van der Waals surface area (Å²) >= 11 is 1.60. The highest BCUT2D eigenvalue weighted by atomic mass is 32.2. The Morgan fingerprint density at radius 1 is 1.40 bits per heavy atom. The normalized spacial score (nSPS) is 35.5. The number of aliphatic hydroxyl groups is 1. The minimum absolute atomic E-state index is 0.0870. The van der Waals surface area contributed by atoms with Crippen molar-refractivity contribution in [2.24, 2.45) is 23.7 Å². The topological polar surface area (TPSA) is 108 Å². The first-order valence-electron chi connectivity index (χ1n) is 11.2. The van der Waals surface area contributed by atoms with Gasteiger partial charge in [-0.2, -0.15) is 5.26 Å². The lowest BCUT2D eigenvalue weighted by Crippen LogP contribution is -2.61. The lowest BCUT2D eigenvalue weighted by molar-refractivity contribution is -0.137. The number of ether oxygens (including phenoxy) is 1. The highest BCUT2D eigenvalue weighted by molar-refractivity contribution is 8.00. The Morgan fingerprint density at radius 3 is 2.73 bits per heavy atom. The maximum atomic E-state index is 13.2. The fourth-order valence-electron chi connectivity index (χ4n) is 5.94. The fraction of sp³-hybridized carbons (Fsp3) is 0.773. The second kappa shape index (κ2) is 7.76. The third-order valence-corrected chi connectivity index (χ3v) is 8.79. The Kier molecular flexibility index (Phi) is 5.22. The number of nitriles is 1. The number of hydrogen-bond acceptors (Lipinski definition) is 7. The van der Waals surface area contributed by atoms with Gasteiger partial charge in [-0.1, -0.05) is 6.42 Å². The molecule has 3 unspecified atom stereocenters. The van der Waals surface area contributed by atoms with Gasteiger partial charge in [-0.15, -0.1) is 11.8 Å². The van der Waals surface area contributed by atoms with Gasteiger partial charge in [0.25, 0.3) is 11.8 Å². The number of rotatable bonds is 7. The minimum atomic E-state index is -0.520. The quantitative estimate of drug-likeness (QED) is 0.680. The lowest BCUT2D eigenvalue weighted by atomic mass is 9.52. The number of nitrogens with one attached hydrogen (secondary N) is 1. The summed E-state index contributed by atoms with van der Waals surface area (Å²) in [5.74, 6) is 1.30. The molecule has 1 heterocycles. The van der Waals surface area contributed by atoms with Gasteiger partial charge in [0.15, 0.2) is 0 Å². The van der Waals surface area contributed by atoms with Gasteiger partial charge < -0.3 is 19.7 Å². The van der Waals surface area contributed by atoms with Crippen molar-refractivity contribution in [3.63, 3.8) is 0 Å². The summed E-state index contributed by atoms with van der Waals surface area (Å²) in [5.41, 5.74) is -0.520. The smallest absolute Gasteiger partial charge is 0.291 e. The third kappa shape index (κ3) is 3.71. The Bertz CT molecular complexity index is 845. The van der Waals surface area contributed by atoms with Gasteiger partial charge in [0.05, 0.1) is 17.6 Å². The third-order valence-electron chi connectivity index (χ3n) is 7.39. The molecule has 4 bridgehead atoms. The summed E-state index contributed by atoms with van der Waals surface area (Å²) in [6.45, 7) is 2.00. The van der Waals surface area contributed by atoms with Gasteiger partial charge in [-0.25, -0.2) is 0 Å². The maximum Gasteiger partial charge on any atom is 0.291 e. The van der Waals surface area contributed by atoms with E-state index >= 15 is 0 Å². The van der Waals surface area contributed by atoms with Crippen molar-refractivity contribution in [3.05, 3.63) is 5.76 Å². The Balaban J connectivity index is 1.32. The standard InChI is InChI=1S/C22H29N3O4S/c1-12(10-23)11-28-21-19(30-16-3-2-4-16)18(29-25-21)20(26)24-17-14-5-13-6-15(17)9-22(27,7-13)8-14/h12-17,27H,2-9,11H2,1H3,(H,24,26)/t12?,13?,14?,15?,17-,22-. The van der Waals surface area contributed by atoms with Gasteiger partial charge >= 0.3 is 0 Å². The van der Waals surface area contributed by atoms with Crippen LogP contribution >= 0.6 is 11.8 Å². The number of carbonyl (C=O) groups is 1. The summed E-state index contributed by atoms with van der Waals surface area (Å²) in [4.78, 5) is 13.9. The van der Waals surface area contributed by atoms with Crippen LogP contribution in [0.5, 0.6) is 5.88 Å². The Hall–Kier alpha value is -1.72. The molecule has 30 heavy (non-hydrogen) atoms. The molecular formula is C22H29N3O4S. The summed E-state index contributed by atoms with van der Waals surface area (Å²) in [6, 6.07) is 2.23. The summed E-state index contributed by atoms with van der Waals surface area (Å²) < 4.78 is 11.2. The number of amides is 1. The molecule has 5 saturated carbocycles. The average Bonchev–Trinajstić information content (AvgIpc) is 3.06. The average molecular weight is 432 g/mol. The molecule has 0 spiro atoms. The second-order valence-electron chi connectivity index (χ2n) is 9.85. The van der Waals surface area contributed by atoms with Crippen molar-refractivity contribution in [2.75, 3.05) is 6.61 Å². The van der Waals surface area contributed by atoms with Crippen molar-refractivity contribution < 1.29 is 19.2 Å². The predicted molar refractivity (Wildman–Crippen MR) is 110 cm³/mol. The zero-order valence-corrected chi connectivity index (χ0v) is 18.1. The van der Waals surface area contributed by atoms with Crippen LogP contribution in [0.1, 0.15) is 68.8 Å². The highest BCUT2D eigenvalue weighted by Crippen LogP contribution is 2.55. The van der Waals surface area contributed by atoms with E-state index in [2.05, 4.69) is 16.5 Å². The van der Waals surface area contributed by atoms with E-state index in [9.17, 15) is 9.90 Å². The summed E-state index contributed by atoms with van der Waals surface area (Å²) in [5, 5.41) is 27.5. The SMILES string of the molecule is CC(C#N)COc1noc(C(=O)N[C@H]2C3CC4CC2C[C@](O)(C4)C3)c1SC1CCC1. The van der Waals surface area contributed by atoms with Crippen molar-refractivity contribution in [1.82, 2.24) is 10.5 Å². The monoisotopic (exact) mass is 431 g/mol. The highest BCUT2D eigenvalue weighted by Gasteiger charge is 2.55. The molecule has 162 valence electrons. The molecule has 0 aromatic carbocycles. The first-order valence-corrected chi connectivity index (χ1v) is 12.0. The van der Waals surface area contributed by atoms with Crippen molar-refractivity contribution in [3.8, 4) is 11.9 Å². The van der Waals surface area contributed by atoms with E-state index in [0.29, 0.717) is 33.8 Å². The van der Waals surface area contributed by atoms with Gasteiger partial charge in [-0.3, -0.25) is 4.79 Å². The van der Waals surface area contributed by atoms with Crippen LogP contribution in [-0.4, -0.2) is 39.7 Å². The number of carbonyl (C=O) groups excluding carboxylic acids is 1. The van der Waals surface area contributed by atoms with Crippen LogP contribution in [0.15, 0.2) is 9.42 Å². The Morgan fingerprint density at radius 2 is 2.13 bits per heavy atom. The zero-order valence-electron chi connectivity index (χ0n) is 17.3. The molecule has 3 atom stereocenters. The van der Waals surface area contributed by atoms with Gasteiger partial charge in [0, 0.05) is 11.3 Å². The van der Waals surface area contributed by atoms with Crippen molar-refractivity contribution in [2.45, 2.75) is 80.1 Å². The van der Waals surface area contributed by atoms with E-state index in [0.717, 1.165) is 44.9 Å². The van der Waals surface area contributed by atoms with E-state index in [1.165, 1.54) is 6.42 Å². The van der Waals surface area contributed by atoms with Crippen molar-refractivity contribution >= 4 is 17.7 Å². The van der Waals surface area contributed by atoms with E-state index in [4.69, 9.17) is 14.5 Å².